The van der Waals surface area contributed by atoms with Gasteiger partial charge in [-0.3, -0.25) is 0 Å². The first kappa shape index (κ1) is 12.5. The van der Waals surface area contributed by atoms with Crippen LogP contribution in [0.4, 0.5) is 10.1 Å². The summed E-state index contributed by atoms with van der Waals surface area (Å²) >= 11 is 3.29. The van der Waals surface area contributed by atoms with Crippen LogP contribution >= 0.6 is 15.9 Å². The number of nitrogens with one attached hydrogen (secondary N) is 1. The molecular weight excluding hydrogens is 261 g/mol. The molecule has 15 heavy (non-hydrogen) atoms. The number of rotatable bonds is 6. The number of hydrogen-bond donors (Lipinski definition) is 2. The summed E-state index contributed by atoms with van der Waals surface area (Å²) in [6, 6.07) is 4.90. The molecule has 0 aliphatic rings. The van der Waals surface area contributed by atoms with Gasteiger partial charge < -0.3 is 10.4 Å². The normalized spacial score (nSPS) is 10.3. The van der Waals surface area contributed by atoms with Crippen molar-refractivity contribution in [3.8, 4) is 0 Å². The number of benzene rings is 1. The van der Waals surface area contributed by atoms with Crippen molar-refractivity contribution in [3.05, 3.63) is 28.5 Å². The number of aliphatic hydroxyl groups is 1. The second-order valence-electron chi connectivity index (χ2n) is 3.31. The molecule has 0 atom stereocenters. The third-order valence-corrected chi connectivity index (χ3v) is 2.76. The van der Waals surface area contributed by atoms with Gasteiger partial charge in [-0.25, -0.2) is 4.39 Å². The summed E-state index contributed by atoms with van der Waals surface area (Å²) < 4.78 is 14.0. The van der Waals surface area contributed by atoms with Gasteiger partial charge in [0.15, 0.2) is 0 Å². The van der Waals surface area contributed by atoms with Crippen molar-refractivity contribution in [1.82, 2.24) is 0 Å². The molecule has 1 aromatic carbocycles. The first-order valence-electron chi connectivity index (χ1n) is 5.04. The lowest BCUT2D eigenvalue weighted by atomic mass is 10.2. The Balaban J connectivity index is 2.37. The minimum Gasteiger partial charge on any atom is -0.396 e. The summed E-state index contributed by atoms with van der Waals surface area (Å²) in [5.41, 5.74) is 0.515. The van der Waals surface area contributed by atoms with Crippen LogP contribution in [0, 0.1) is 5.82 Å². The maximum Gasteiger partial charge on any atom is 0.147 e. The molecule has 0 aliphatic carbocycles. The van der Waals surface area contributed by atoms with E-state index in [9.17, 15) is 4.39 Å². The van der Waals surface area contributed by atoms with E-state index in [0.29, 0.717) is 5.69 Å². The predicted octanol–water partition coefficient (Wildman–Crippen LogP) is 3.16. The van der Waals surface area contributed by atoms with E-state index in [-0.39, 0.29) is 12.4 Å². The minimum atomic E-state index is -0.244. The lowest BCUT2D eigenvalue weighted by Gasteiger charge is -2.08. The van der Waals surface area contributed by atoms with Gasteiger partial charge in [-0.05, 0) is 47.3 Å². The van der Waals surface area contributed by atoms with Gasteiger partial charge in [0, 0.05) is 17.6 Å². The molecule has 0 fully saturated rings. The average molecular weight is 276 g/mol. The van der Waals surface area contributed by atoms with E-state index in [4.69, 9.17) is 5.11 Å². The van der Waals surface area contributed by atoms with E-state index >= 15 is 0 Å². The Morgan fingerprint density at radius 1 is 1.27 bits per heavy atom. The van der Waals surface area contributed by atoms with E-state index in [1.807, 2.05) is 0 Å². The average Bonchev–Trinajstić information content (AvgIpc) is 2.21. The third kappa shape index (κ3) is 4.18. The van der Waals surface area contributed by atoms with Gasteiger partial charge >= 0.3 is 0 Å². The quantitative estimate of drug-likeness (QED) is 0.782. The molecule has 0 aliphatic heterocycles. The van der Waals surface area contributed by atoms with Crippen molar-refractivity contribution in [2.75, 3.05) is 18.5 Å². The van der Waals surface area contributed by atoms with E-state index in [1.165, 1.54) is 6.07 Å². The molecule has 0 aromatic heterocycles. The molecule has 84 valence electrons. The maximum absolute atomic E-state index is 13.3. The second-order valence-corrected chi connectivity index (χ2v) is 4.16. The van der Waals surface area contributed by atoms with Gasteiger partial charge in [0.1, 0.15) is 5.82 Å². The summed E-state index contributed by atoms with van der Waals surface area (Å²) in [5, 5.41) is 11.6. The van der Waals surface area contributed by atoms with Crippen LogP contribution in [0.2, 0.25) is 0 Å². The zero-order valence-corrected chi connectivity index (χ0v) is 10.1. The van der Waals surface area contributed by atoms with Crippen LogP contribution in [0.3, 0.4) is 0 Å². The molecule has 2 N–H and O–H groups in total. The molecule has 4 heteroatoms. The molecule has 0 saturated heterocycles. The lowest BCUT2D eigenvalue weighted by molar-refractivity contribution is 0.283. The van der Waals surface area contributed by atoms with Crippen molar-refractivity contribution in [2.45, 2.75) is 19.3 Å². The predicted molar refractivity (Wildman–Crippen MR) is 63.5 cm³/mol. The molecule has 0 bridgehead atoms. The number of hydrogen-bond acceptors (Lipinski definition) is 2. The third-order valence-electron chi connectivity index (χ3n) is 2.10. The molecule has 1 rings (SSSR count). The number of anilines is 1. The fraction of sp³-hybridized carbons (Fsp3) is 0.455. The monoisotopic (exact) mass is 275 g/mol. The highest BCUT2D eigenvalue weighted by atomic mass is 79.9. The SMILES string of the molecule is OCCCCCNc1c(F)cccc1Br. The minimum absolute atomic E-state index is 0.226. The van der Waals surface area contributed by atoms with Crippen molar-refractivity contribution >= 4 is 21.6 Å². The Kier molecular flexibility index (Phi) is 5.65. The van der Waals surface area contributed by atoms with Crippen molar-refractivity contribution in [2.24, 2.45) is 0 Å². The molecule has 0 spiro atoms. The van der Waals surface area contributed by atoms with Crippen LogP contribution in [-0.4, -0.2) is 18.3 Å². The molecule has 0 unspecified atom stereocenters. The standard InChI is InChI=1S/C11H15BrFNO/c12-9-5-4-6-10(13)11(9)14-7-2-1-3-8-15/h4-6,14-15H,1-3,7-8H2. The Labute approximate surface area is 97.6 Å². The second kappa shape index (κ2) is 6.80. The van der Waals surface area contributed by atoms with E-state index < -0.39 is 0 Å². The molecule has 0 radical (unpaired) electrons. The van der Waals surface area contributed by atoms with Gasteiger partial charge in [0.25, 0.3) is 0 Å². The van der Waals surface area contributed by atoms with Gasteiger partial charge in [0.05, 0.1) is 5.69 Å². The summed E-state index contributed by atoms with van der Waals surface area (Å²) in [4.78, 5) is 0. The largest absolute Gasteiger partial charge is 0.396 e. The van der Waals surface area contributed by atoms with E-state index in [1.54, 1.807) is 12.1 Å². The molecule has 0 heterocycles. The van der Waals surface area contributed by atoms with Crippen LogP contribution < -0.4 is 5.32 Å². The van der Waals surface area contributed by atoms with Crippen LogP contribution in [-0.2, 0) is 0 Å². The van der Waals surface area contributed by atoms with Gasteiger partial charge in [0.2, 0.25) is 0 Å². The summed E-state index contributed by atoms with van der Waals surface area (Å²) in [5.74, 6) is -0.244. The molecule has 0 amide bonds. The lowest BCUT2D eigenvalue weighted by Crippen LogP contribution is -2.04. The molecular formula is C11H15BrFNO. The molecule has 2 nitrogen and oxygen atoms in total. The molecule has 1 aromatic rings. The van der Waals surface area contributed by atoms with Crippen LogP contribution in [0.1, 0.15) is 19.3 Å². The van der Waals surface area contributed by atoms with Gasteiger partial charge in [-0.15, -0.1) is 0 Å². The van der Waals surface area contributed by atoms with Crippen molar-refractivity contribution < 1.29 is 9.50 Å². The summed E-state index contributed by atoms with van der Waals surface area (Å²) in [6.45, 7) is 0.947. The van der Waals surface area contributed by atoms with Crippen LogP contribution in [0.5, 0.6) is 0 Å². The maximum atomic E-state index is 13.3. The number of aliphatic hydroxyl groups excluding tert-OH is 1. The smallest absolute Gasteiger partial charge is 0.147 e. The fourth-order valence-corrected chi connectivity index (χ4v) is 1.78. The fourth-order valence-electron chi connectivity index (χ4n) is 1.29. The summed E-state index contributed by atoms with van der Waals surface area (Å²) in [7, 11) is 0. The molecule has 0 saturated carbocycles. The van der Waals surface area contributed by atoms with Gasteiger partial charge in [-0.1, -0.05) is 6.07 Å². The van der Waals surface area contributed by atoms with Crippen molar-refractivity contribution in [1.29, 1.82) is 0 Å². The van der Waals surface area contributed by atoms with Crippen LogP contribution in [0.25, 0.3) is 0 Å². The van der Waals surface area contributed by atoms with E-state index in [2.05, 4.69) is 21.2 Å². The highest BCUT2D eigenvalue weighted by Crippen LogP contribution is 2.24. The van der Waals surface area contributed by atoms with Gasteiger partial charge in [-0.2, -0.15) is 0 Å². The number of halogens is 2. The Morgan fingerprint density at radius 3 is 2.73 bits per heavy atom. The van der Waals surface area contributed by atoms with Crippen molar-refractivity contribution in [3.63, 3.8) is 0 Å². The zero-order chi connectivity index (χ0) is 11.1. The zero-order valence-electron chi connectivity index (χ0n) is 8.47. The Bertz CT molecular complexity index is 286. The number of unbranched alkanes of at least 4 members (excludes halogenated alkanes) is 2. The first-order valence-corrected chi connectivity index (χ1v) is 5.83. The number of para-hydroxylation sites is 1. The van der Waals surface area contributed by atoms with Crippen LogP contribution in [0.15, 0.2) is 22.7 Å². The summed E-state index contributed by atoms with van der Waals surface area (Å²) in [6.07, 6.45) is 2.69. The first-order chi connectivity index (χ1) is 7.25. The Morgan fingerprint density at radius 2 is 2.07 bits per heavy atom. The topological polar surface area (TPSA) is 32.3 Å². The Hall–Kier alpha value is -0.610. The van der Waals surface area contributed by atoms with E-state index in [0.717, 1.165) is 30.3 Å². The highest BCUT2D eigenvalue weighted by Gasteiger charge is 2.04. The highest BCUT2D eigenvalue weighted by molar-refractivity contribution is 9.10.